The number of esters is 1. The van der Waals surface area contributed by atoms with Crippen LogP contribution in [0.2, 0.25) is 0 Å². The van der Waals surface area contributed by atoms with Crippen LogP contribution in [0.5, 0.6) is 11.5 Å². The number of nitrogens with one attached hydrogen (secondary N) is 1. The van der Waals surface area contributed by atoms with Crippen molar-refractivity contribution in [2.75, 3.05) is 11.9 Å². The number of carbonyl (C=O) groups excluding carboxylic acids is 2. The third-order valence-corrected chi connectivity index (χ3v) is 8.87. The van der Waals surface area contributed by atoms with Gasteiger partial charge in [0.15, 0.2) is 6.61 Å². The van der Waals surface area contributed by atoms with E-state index in [9.17, 15) is 9.59 Å². The number of hydrogen-bond acceptors (Lipinski definition) is 6. The Morgan fingerprint density at radius 2 is 1.49 bits per heavy atom. The van der Waals surface area contributed by atoms with E-state index in [2.05, 4.69) is 11.4 Å². The largest absolute Gasteiger partial charge is 0.457 e. The molecule has 0 aliphatic heterocycles. The maximum absolute atomic E-state index is 13.7. The number of aromatic nitrogens is 1. The minimum Gasteiger partial charge on any atom is -0.457 e. The van der Waals surface area contributed by atoms with Gasteiger partial charge in [0.2, 0.25) is 0 Å². The molecule has 0 fully saturated rings. The topological polar surface area (TPSA) is 77.5 Å². The van der Waals surface area contributed by atoms with Crippen molar-refractivity contribution in [1.82, 2.24) is 4.98 Å². The number of carbonyl (C=O) groups is 2. The Balaban J connectivity index is 1.11. The lowest BCUT2D eigenvalue weighted by Crippen LogP contribution is -2.22. The summed E-state index contributed by atoms with van der Waals surface area (Å²) in [5, 5.41) is 3.62. The summed E-state index contributed by atoms with van der Waals surface area (Å²) < 4.78 is 11.7. The van der Waals surface area contributed by atoms with E-state index in [1.54, 1.807) is 11.8 Å². The molecule has 0 radical (unpaired) electrons. The molecular weight excluding hydrogens is 605 g/mol. The SMILES string of the molecule is O=C(COC(=O)c1c2c(nc3ccccc13)/C(=C/c1cccc(Oc3ccccc3)c1)CC2)Nc1ccccc1Sc1ccccc1. The number of fused-ring (bicyclic) bond motifs is 2. The molecule has 0 atom stereocenters. The third kappa shape index (κ3) is 6.95. The molecule has 0 bridgehead atoms. The molecule has 1 aliphatic rings. The van der Waals surface area contributed by atoms with E-state index < -0.39 is 18.5 Å². The molecule has 5 aromatic carbocycles. The monoisotopic (exact) mass is 634 g/mol. The van der Waals surface area contributed by atoms with Crippen molar-refractivity contribution in [1.29, 1.82) is 0 Å². The average Bonchev–Trinajstić information content (AvgIpc) is 3.49. The van der Waals surface area contributed by atoms with Gasteiger partial charge in [0.1, 0.15) is 11.5 Å². The normalized spacial score (nSPS) is 12.9. The lowest BCUT2D eigenvalue weighted by atomic mass is 10.0. The van der Waals surface area contributed by atoms with Gasteiger partial charge in [-0.05, 0) is 90.2 Å². The molecule has 6 nitrogen and oxygen atoms in total. The fraction of sp³-hybridized carbons (Fsp3) is 0.0750. The lowest BCUT2D eigenvalue weighted by Gasteiger charge is -2.13. The highest BCUT2D eigenvalue weighted by molar-refractivity contribution is 7.99. The van der Waals surface area contributed by atoms with E-state index in [1.807, 2.05) is 133 Å². The van der Waals surface area contributed by atoms with Gasteiger partial charge in [0.05, 0.1) is 22.5 Å². The van der Waals surface area contributed by atoms with E-state index in [0.29, 0.717) is 28.6 Å². The van der Waals surface area contributed by atoms with Crippen molar-refractivity contribution in [3.63, 3.8) is 0 Å². The molecule has 1 aliphatic carbocycles. The van der Waals surface area contributed by atoms with Crippen LogP contribution < -0.4 is 10.1 Å². The quantitative estimate of drug-likeness (QED) is 0.160. The number of allylic oxidation sites excluding steroid dienone is 1. The molecule has 1 N–H and O–H groups in total. The van der Waals surface area contributed by atoms with Crippen molar-refractivity contribution in [2.24, 2.45) is 0 Å². The van der Waals surface area contributed by atoms with Gasteiger partial charge in [-0.2, -0.15) is 0 Å². The van der Waals surface area contributed by atoms with Gasteiger partial charge < -0.3 is 14.8 Å². The van der Waals surface area contributed by atoms with E-state index in [0.717, 1.165) is 50.1 Å². The van der Waals surface area contributed by atoms with Gasteiger partial charge >= 0.3 is 5.97 Å². The standard InChI is InChI=1S/C40H30N2O4S/c43-37(41-35-20-9-10-21-36(35)47-31-16-5-2-6-17-31)26-45-40(44)38-32-18-7-8-19-34(32)42-39-28(22-23-33(38)39)24-27-12-11-15-30(25-27)46-29-13-3-1-4-14-29/h1-21,24-25H,22-23,26H2,(H,41,43)/b28-24+. The third-order valence-electron chi connectivity index (χ3n) is 7.79. The summed E-state index contributed by atoms with van der Waals surface area (Å²) in [5.74, 6) is 0.553. The molecular formula is C40H30N2O4S. The Hall–Kier alpha value is -5.66. The number of benzene rings is 5. The average molecular weight is 635 g/mol. The van der Waals surface area contributed by atoms with Gasteiger partial charge in [-0.25, -0.2) is 9.78 Å². The predicted octanol–water partition coefficient (Wildman–Crippen LogP) is 9.46. The molecule has 0 unspecified atom stereocenters. The van der Waals surface area contributed by atoms with Crippen LogP contribution in [-0.2, 0) is 16.0 Å². The number of rotatable bonds is 9. The molecule has 0 saturated heterocycles. The minimum absolute atomic E-state index is 0.410. The first-order valence-corrected chi connectivity index (χ1v) is 16.2. The van der Waals surface area contributed by atoms with Crippen LogP contribution in [0.15, 0.2) is 143 Å². The molecule has 1 heterocycles. The fourth-order valence-electron chi connectivity index (χ4n) is 5.67. The number of hydrogen-bond donors (Lipinski definition) is 1. The second-order valence-corrected chi connectivity index (χ2v) is 12.1. The highest BCUT2D eigenvalue weighted by Crippen LogP contribution is 2.38. The lowest BCUT2D eigenvalue weighted by molar-refractivity contribution is -0.119. The molecule has 0 spiro atoms. The van der Waals surface area contributed by atoms with Crippen LogP contribution in [-0.4, -0.2) is 23.5 Å². The zero-order chi connectivity index (χ0) is 32.0. The summed E-state index contributed by atoms with van der Waals surface area (Å²) in [6.07, 6.45) is 3.46. The summed E-state index contributed by atoms with van der Waals surface area (Å²) in [7, 11) is 0. The summed E-state index contributed by atoms with van der Waals surface area (Å²) in [5.41, 5.74) is 5.44. The first-order valence-electron chi connectivity index (χ1n) is 15.4. The molecule has 230 valence electrons. The smallest absolute Gasteiger partial charge is 0.339 e. The van der Waals surface area contributed by atoms with Crippen LogP contribution >= 0.6 is 11.8 Å². The second kappa shape index (κ2) is 13.8. The van der Waals surface area contributed by atoms with Crippen LogP contribution in [0.1, 0.15) is 33.6 Å². The fourth-order valence-corrected chi connectivity index (χ4v) is 6.59. The Labute approximate surface area is 277 Å². The van der Waals surface area contributed by atoms with Crippen molar-refractivity contribution >= 4 is 51.9 Å². The van der Waals surface area contributed by atoms with E-state index >= 15 is 0 Å². The van der Waals surface area contributed by atoms with Crippen LogP contribution in [0.25, 0.3) is 22.6 Å². The van der Waals surface area contributed by atoms with Crippen molar-refractivity contribution < 1.29 is 19.1 Å². The zero-order valence-corrected chi connectivity index (χ0v) is 26.2. The summed E-state index contributed by atoms with van der Waals surface area (Å²) in [6, 6.07) is 42.6. The maximum Gasteiger partial charge on any atom is 0.339 e. The number of para-hydroxylation sites is 3. The number of ether oxygens (including phenoxy) is 2. The molecule has 1 amide bonds. The molecule has 7 rings (SSSR count). The maximum atomic E-state index is 13.7. The van der Waals surface area contributed by atoms with Crippen molar-refractivity contribution in [3.05, 3.63) is 156 Å². The first kappa shape index (κ1) is 30.0. The van der Waals surface area contributed by atoms with Gasteiger partial charge in [0.25, 0.3) is 5.91 Å². The van der Waals surface area contributed by atoms with Gasteiger partial charge in [0, 0.05) is 15.2 Å². The highest BCUT2D eigenvalue weighted by Gasteiger charge is 2.28. The second-order valence-electron chi connectivity index (χ2n) is 11.0. The number of anilines is 1. The molecule has 0 saturated carbocycles. The molecule has 1 aromatic heterocycles. The summed E-state index contributed by atoms with van der Waals surface area (Å²) >= 11 is 1.55. The van der Waals surface area contributed by atoms with Crippen LogP contribution in [0.4, 0.5) is 5.69 Å². The van der Waals surface area contributed by atoms with E-state index in [1.165, 1.54) is 0 Å². The Morgan fingerprint density at radius 1 is 0.766 bits per heavy atom. The minimum atomic E-state index is -0.540. The number of amides is 1. The molecule has 6 aromatic rings. The van der Waals surface area contributed by atoms with Gasteiger partial charge in [-0.15, -0.1) is 0 Å². The number of nitrogens with zero attached hydrogens (tertiary/aromatic N) is 1. The van der Waals surface area contributed by atoms with Gasteiger partial charge in [-0.1, -0.05) is 90.6 Å². The predicted molar refractivity (Wildman–Crippen MR) is 187 cm³/mol. The van der Waals surface area contributed by atoms with Crippen molar-refractivity contribution in [2.45, 2.75) is 22.6 Å². The summed E-state index contributed by atoms with van der Waals surface area (Å²) in [4.78, 5) is 33.6. The number of pyridine rings is 1. The van der Waals surface area contributed by atoms with E-state index in [4.69, 9.17) is 14.5 Å². The summed E-state index contributed by atoms with van der Waals surface area (Å²) in [6.45, 7) is -0.411. The van der Waals surface area contributed by atoms with Gasteiger partial charge in [-0.3, -0.25) is 4.79 Å². The molecule has 47 heavy (non-hydrogen) atoms. The Morgan fingerprint density at radius 3 is 2.34 bits per heavy atom. The van der Waals surface area contributed by atoms with Crippen LogP contribution in [0.3, 0.4) is 0 Å². The Bertz CT molecular complexity index is 2110. The Kier molecular flexibility index (Phi) is 8.79. The van der Waals surface area contributed by atoms with Crippen molar-refractivity contribution in [3.8, 4) is 11.5 Å². The van der Waals surface area contributed by atoms with Crippen LogP contribution in [0, 0.1) is 0 Å². The zero-order valence-electron chi connectivity index (χ0n) is 25.4. The van der Waals surface area contributed by atoms with E-state index in [-0.39, 0.29) is 0 Å². The highest BCUT2D eigenvalue weighted by atomic mass is 32.2. The first-order chi connectivity index (χ1) is 23.1. The molecule has 7 heteroatoms.